The van der Waals surface area contributed by atoms with Crippen molar-refractivity contribution in [3.63, 3.8) is 0 Å². The number of nitrogens with zero attached hydrogens (tertiary/aromatic N) is 5. The maximum absolute atomic E-state index is 14.2. The van der Waals surface area contributed by atoms with E-state index in [1.807, 2.05) is 18.2 Å². The zero-order chi connectivity index (χ0) is 25.5. The molecule has 0 amide bonds. The van der Waals surface area contributed by atoms with E-state index in [1.54, 1.807) is 36.6 Å². The number of likely N-dealkylation sites (tertiary alicyclic amines) is 1. The molecule has 4 aromatic rings. The fourth-order valence-electron chi connectivity index (χ4n) is 4.65. The number of alkyl halides is 3. The lowest BCUT2D eigenvalue weighted by Crippen LogP contribution is -2.43. The molecule has 1 saturated heterocycles. The summed E-state index contributed by atoms with van der Waals surface area (Å²) in [4.78, 5) is 6.09. The molecule has 4 heterocycles. The minimum absolute atomic E-state index is 0. The van der Waals surface area contributed by atoms with Gasteiger partial charge in [-0.2, -0.15) is 13.2 Å². The first kappa shape index (κ1) is 29.9. The Kier molecular flexibility index (Phi) is 9.10. The van der Waals surface area contributed by atoms with Crippen LogP contribution in [0.25, 0.3) is 28.1 Å². The highest BCUT2D eigenvalue weighted by Crippen LogP contribution is 2.41. The highest BCUT2D eigenvalue weighted by atomic mass is 35.5. The lowest BCUT2D eigenvalue weighted by atomic mass is 10.0. The quantitative estimate of drug-likeness (QED) is 0.317. The molecule has 1 aliphatic heterocycles. The Morgan fingerprint density at radius 1 is 1.08 bits per heavy atom. The van der Waals surface area contributed by atoms with Crippen LogP contribution in [0.15, 0.2) is 48.7 Å². The van der Waals surface area contributed by atoms with Crippen molar-refractivity contribution in [2.24, 2.45) is 5.73 Å². The second kappa shape index (κ2) is 11.6. The molecular formula is C25H29Cl2F3N6O2. The number of pyridine rings is 2. The summed E-state index contributed by atoms with van der Waals surface area (Å²) in [6.45, 7) is 3.07. The van der Waals surface area contributed by atoms with E-state index in [1.165, 1.54) is 17.2 Å². The van der Waals surface area contributed by atoms with Crippen LogP contribution in [0, 0.1) is 0 Å². The largest absolute Gasteiger partial charge is 0.491 e. The lowest BCUT2D eigenvalue weighted by Gasteiger charge is -2.31. The van der Waals surface area contributed by atoms with E-state index in [2.05, 4.69) is 10.2 Å². The first-order valence-electron chi connectivity index (χ1n) is 11.6. The van der Waals surface area contributed by atoms with Crippen LogP contribution >= 0.6 is 24.8 Å². The van der Waals surface area contributed by atoms with Gasteiger partial charge in [0, 0.05) is 43.4 Å². The molecule has 3 aromatic heterocycles. The first-order valence-corrected chi connectivity index (χ1v) is 11.6. The number of halogens is 5. The van der Waals surface area contributed by atoms with Gasteiger partial charge in [0.05, 0.1) is 12.1 Å². The fraction of sp³-hybridized carbons (Fsp3) is 0.400. The van der Waals surface area contributed by atoms with E-state index in [9.17, 15) is 13.2 Å². The van der Waals surface area contributed by atoms with Gasteiger partial charge in [-0.3, -0.25) is 9.30 Å². The van der Waals surface area contributed by atoms with Crippen molar-refractivity contribution in [1.29, 1.82) is 0 Å². The standard InChI is InChI=1S/C25H27F3N6O2.2ClH/c1-24(29)9-10-33(15-24)22(25(26,27)28)17-5-8-21-31-32-23(34(21)14-17)19-7-4-16-3-6-18(13-20(16)30-19)36-12-11-35-2;;/h3-8,13-14,22H,9-12,15,29H2,1-2H3;2*1H/t22-,24?;;/m1../s1. The van der Waals surface area contributed by atoms with Crippen LogP contribution in [0.2, 0.25) is 0 Å². The van der Waals surface area contributed by atoms with Gasteiger partial charge in [-0.05, 0) is 43.2 Å². The summed E-state index contributed by atoms with van der Waals surface area (Å²) >= 11 is 0. The SMILES string of the molecule is COCCOc1ccc2ccc(-c3nnc4ccc([C@@H](N5CCC(C)(N)C5)C(F)(F)F)cn34)nc2c1.Cl.Cl. The minimum atomic E-state index is -4.47. The summed E-state index contributed by atoms with van der Waals surface area (Å²) in [5.41, 5.74) is 7.16. The number of fused-ring (bicyclic) bond motifs is 2. The third-order valence-electron chi connectivity index (χ3n) is 6.40. The van der Waals surface area contributed by atoms with Gasteiger partial charge in [-0.15, -0.1) is 35.0 Å². The van der Waals surface area contributed by atoms with E-state index < -0.39 is 17.8 Å². The summed E-state index contributed by atoms with van der Waals surface area (Å²) in [5, 5.41) is 9.26. The van der Waals surface area contributed by atoms with Gasteiger partial charge < -0.3 is 15.2 Å². The van der Waals surface area contributed by atoms with Crippen molar-refractivity contribution in [3.05, 3.63) is 54.2 Å². The normalized spacial score (nSPS) is 18.8. The fourth-order valence-corrected chi connectivity index (χ4v) is 4.65. The number of ether oxygens (including phenoxy) is 2. The zero-order valence-corrected chi connectivity index (χ0v) is 22.4. The van der Waals surface area contributed by atoms with Gasteiger partial charge in [0.1, 0.15) is 24.1 Å². The maximum atomic E-state index is 14.2. The predicted octanol–water partition coefficient (Wildman–Crippen LogP) is 4.84. The van der Waals surface area contributed by atoms with Crippen LogP contribution in [-0.4, -0.2) is 69.6 Å². The van der Waals surface area contributed by atoms with E-state index >= 15 is 0 Å². The number of benzene rings is 1. The second-order valence-electron chi connectivity index (χ2n) is 9.43. The van der Waals surface area contributed by atoms with E-state index in [-0.39, 0.29) is 43.5 Å². The highest BCUT2D eigenvalue weighted by Gasteiger charge is 2.48. The third-order valence-corrected chi connectivity index (χ3v) is 6.40. The van der Waals surface area contributed by atoms with Gasteiger partial charge in [-0.1, -0.05) is 12.1 Å². The molecule has 5 rings (SSSR count). The molecule has 0 aliphatic carbocycles. The number of aromatic nitrogens is 4. The van der Waals surface area contributed by atoms with Crippen LogP contribution in [-0.2, 0) is 4.74 Å². The molecule has 0 spiro atoms. The van der Waals surface area contributed by atoms with E-state index in [4.69, 9.17) is 20.2 Å². The second-order valence-corrected chi connectivity index (χ2v) is 9.43. The number of rotatable bonds is 7. The average molecular weight is 573 g/mol. The molecular weight excluding hydrogens is 544 g/mol. The van der Waals surface area contributed by atoms with Crippen LogP contribution in [0.3, 0.4) is 0 Å². The first-order chi connectivity index (χ1) is 17.1. The van der Waals surface area contributed by atoms with E-state index in [0.29, 0.717) is 48.1 Å². The number of hydrogen-bond donors (Lipinski definition) is 1. The van der Waals surface area contributed by atoms with Crippen LogP contribution in [0.4, 0.5) is 13.2 Å². The van der Waals surface area contributed by atoms with Crippen molar-refractivity contribution in [1.82, 2.24) is 24.5 Å². The van der Waals surface area contributed by atoms with Gasteiger partial charge in [0.15, 0.2) is 11.5 Å². The predicted molar refractivity (Wildman–Crippen MR) is 143 cm³/mol. The smallest absolute Gasteiger partial charge is 0.408 e. The number of hydrogen-bond acceptors (Lipinski definition) is 7. The van der Waals surface area contributed by atoms with Gasteiger partial charge in [0.2, 0.25) is 0 Å². The Balaban J connectivity index is 0.00000200. The Morgan fingerprint density at radius 3 is 2.53 bits per heavy atom. The summed E-state index contributed by atoms with van der Waals surface area (Å²) < 4.78 is 54.9. The molecule has 2 N–H and O–H groups in total. The van der Waals surface area contributed by atoms with Crippen LogP contribution in [0.5, 0.6) is 5.75 Å². The minimum Gasteiger partial charge on any atom is -0.491 e. The molecule has 13 heteroatoms. The maximum Gasteiger partial charge on any atom is 0.408 e. The zero-order valence-electron chi connectivity index (χ0n) is 20.8. The van der Waals surface area contributed by atoms with Crippen molar-refractivity contribution < 1.29 is 22.6 Å². The lowest BCUT2D eigenvalue weighted by molar-refractivity contribution is -0.184. The molecule has 1 unspecified atom stereocenters. The Hall–Kier alpha value is -2.70. The van der Waals surface area contributed by atoms with E-state index in [0.717, 1.165) is 5.39 Å². The Labute approximate surface area is 230 Å². The third kappa shape index (κ3) is 6.13. The molecule has 1 aliphatic rings. The molecule has 0 saturated carbocycles. The molecule has 0 bridgehead atoms. The van der Waals surface area contributed by atoms with Crippen molar-refractivity contribution in [2.45, 2.75) is 31.1 Å². The molecule has 1 aromatic carbocycles. The number of nitrogens with two attached hydrogens (primary N) is 1. The summed E-state index contributed by atoms with van der Waals surface area (Å²) in [5.74, 6) is 0.994. The molecule has 1 fully saturated rings. The van der Waals surface area contributed by atoms with Crippen LogP contribution < -0.4 is 10.5 Å². The monoisotopic (exact) mass is 572 g/mol. The topological polar surface area (TPSA) is 90.8 Å². The van der Waals surface area contributed by atoms with Crippen LogP contribution in [0.1, 0.15) is 24.9 Å². The Morgan fingerprint density at radius 2 is 1.84 bits per heavy atom. The van der Waals surface area contributed by atoms with Gasteiger partial charge >= 0.3 is 6.18 Å². The highest BCUT2D eigenvalue weighted by molar-refractivity contribution is 5.85. The molecule has 0 radical (unpaired) electrons. The van der Waals surface area contributed by atoms with Crippen molar-refractivity contribution in [2.75, 3.05) is 33.4 Å². The molecule has 206 valence electrons. The van der Waals surface area contributed by atoms with Gasteiger partial charge in [0.25, 0.3) is 0 Å². The molecule has 2 atom stereocenters. The molecule has 38 heavy (non-hydrogen) atoms. The summed E-state index contributed by atoms with van der Waals surface area (Å²) in [7, 11) is 1.60. The molecule has 8 nitrogen and oxygen atoms in total. The van der Waals surface area contributed by atoms with Gasteiger partial charge in [-0.25, -0.2) is 4.98 Å². The number of methoxy groups -OCH3 is 1. The summed E-state index contributed by atoms with van der Waals surface area (Å²) in [6.07, 6.45) is -2.52. The summed E-state index contributed by atoms with van der Waals surface area (Å²) in [6, 6.07) is 10.4. The van der Waals surface area contributed by atoms with Crippen molar-refractivity contribution >= 4 is 41.4 Å². The average Bonchev–Trinajstić information content (AvgIpc) is 3.40. The van der Waals surface area contributed by atoms with Crippen molar-refractivity contribution in [3.8, 4) is 17.3 Å². The Bertz CT molecular complexity index is 1400.